The van der Waals surface area contributed by atoms with Gasteiger partial charge in [0.1, 0.15) is 5.82 Å². The number of unbranched alkanes of at least 4 members (excludes halogenated alkanes) is 3. The summed E-state index contributed by atoms with van der Waals surface area (Å²) >= 11 is 0. The molecule has 0 nitrogen and oxygen atoms in total. The molecule has 2 aromatic rings. The fourth-order valence-electron chi connectivity index (χ4n) is 6.10. The Balaban J connectivity index is 1.35. The highest BCUT2D eigenvalue weighted by Gasteiger charge is 2.23. The van der Waals surface area contributed by atoms with Crippen LogP contribution in [-0.4, -0.2) is 0 Å². The Morgan fingerprint density at radius 1 is 0.771 bits per heavy atom. The van der Waals surface area contributed by atoms with E-state index in [1.807, 2.05) is 0 Å². The van der Waals surface area contributed by atoms with Crippen LogP contribution in [0.2, 0.25) is 0 Å². The van der Waals surface area contributed by atoms with Gasteiger partial charge in [0.15, 0.2) is 11.6 Å². The zero-order valence-electron chi connectivity index (χ0n) is 21.6. The van der Waals surface area contributed by atoms with Crippen molar-refractivity contribution in [3.05, 3.63) is 64.0 Å². The summed E-state index contributed by atoms with van der Waals surface area (Å²) < 4.78 is 44.0. The van der Waals surface area contributed by atoms with Crippen molar-refractivity contribution in [2.45, 2.75) is 104 Å². The maximum Gasteiger partial charge on any atom is 0.167 e. The van der Waals surface area contributed by atoms with Crippen molar-refractivity contribution in [3.8, 4) is 11.1 Å². The summed E-state index contributed by atoms with van der Waals surface area (Å²) in [6.07, 6.45) is 19.1. The van der Waals surface area contributed by atoms with Gasteiger partial charge in [-0.15, -0.1) is 0 Å². The van der Waals surface area contributed by atoms with E-state index in [1.165, 1.54) is 81.9 Å². The average Bonchev–Trinajstić information content (AvgIpc) is 2.87. The first kappa shape index (κ1) is 26.0. The van der Waals surface area contributed by atoms with E-state index in [0.29, 0.717) is 12.0 Å². The zero-order chi connectivity index (χ0) is 24.8. The fraction of sp³-hybridized carbons (Fsp3) is 0.562. The molecule has 4 rings (SSSR count). The van der Waals surface area contributed by atoms with Crippen molar-refractivity contribution in [2.75, 3.05) is 0 Å². The van der Waals surface area contributed by atoms with Crippen LogP contribution in [0.5, 0.6) is 0 Å². The van der Waals surface area contributed by atoms with Crippen LogP contribution in [0.25, 0.3) is 17.2 Å². The molecular formula is C32H41F3. The van der Waals surface area contributed by atoms with Crippen LogP contribution in [0.15, 0.2) is 29.8 Å². The summed E-state index contributed by atoms with van der Waals surface area (Å²) in [4.78, 5) is 0. The average molecular weight is 483 g/mol. The van der Waals surface area contributed by atoms with Gasteiger partial charge in [0.05, 0.1) is 0 Å². The van der Waals surface area contributed by atoms with Gasteiger partial charge in [0.25, 0.3) is 0 Å². The van der Waals surface area contributed by atoms with E-state index in [0.717, 1.165) is 42.2 Å². The molecule has 0 bridgehead atoms. The third kappa shape index (κ3) is 6.40. The molecule has 0 spiro atoms. The molecule has 0 radical (unpaired) electrons. The van der Waals surface area contributed by atoms with Crippen LogP contribution in [-0.2, 0) is 12.8 Å². The second kappa shape index (κ2) is 12.3. The predicted octanol–water partition coefficient (Wildman–Crippen LogP) is 10.2. The van der Waals surface area contributed by atoms with Crippen molar-refractivity contribution in [1.82, 2.24) is 0 Å². The lowest BCUT2D eigenvalue weighted by molar-refractivity contribution is 0.248. The SMILES string of the molecule is CCCCCCC1CCC(CCC2=Cc3cc(F)c(-c4ccc(CC)c(F)c4F)cc3CC2)CC1. The first-order chi connectivity index (χ1) is 17.0. The lowest BCUT2D eigenvalue weighted by atomic mass is 9.77. The molecule has 1 fully saturated rings. The molecule has 1 saturated carbocycles. The monoisotopic (exact) mass is 482 g/mol. The van der Waals surface area contributed by atoms with Gasteiger partial charge in [-0.05, 0) is 72.8 Å². The molecule has 2 aromatic carbocycles. The van der Waals surface area contributed by atoms with Crippen LogP contribution in [0.4, 0.5) is 13.2 Å². The number of fused-ring (bicyclic) bond motifs is 1. The van der Waals surface area contributed by atoms with Gasteiger partial charge in [-0.2, -0.15) is 0 Å². The van der Waals surface area contributed by atoms with Crippen molar-refractivity contribution in [1.29, 1.82) is 0 Å². The van der Waals surface area contributed by atoms with Crippen LogP contribution in [0, 0.1) is 29.3 Å². The second-order valence-electron chi connectivity index (χ2n) is 10.9. The second-order valence-corrected chi connectivity index (χ2v) is 10.9. The van der Waals surface area contributed by atoms with Gasteiger partial charge in [-0.3, -0.25) is 0 Å². The Labute approximate surface area is 210 Å². The number of halogens is 3. The molecular weight excluding hydrogens is 441 g/mol. The molecule has 0 heterocycles. The first-order valence-corrected chi connectivity index (χ1v) is 14.0. The number of benzene rings is 2. The van der Waals surface area contributed by atoms with Crippen molar-refractivity contribution >= 4 is 6.08 Å². The zero-order valence-corrected chi connectivity index (χ0v) is 21.6. The summed E-state index contributed by atoms with van der Waals surface area (Å²) in [5.74, 6) is -0.536. The highest BCUT2D eigenvalue weighted by Crippen LogP contribution is 2.38. The molecule has 0 amide bonds. The van der Waals surface area contributed by atoms with E-state index >= 15 is 4.39 Å². The molecule has 190 valence electrons. The standard InChI is InChI=1S/C32H41F3/c1-3-5-6-7-8-22-9-11-23(12-10-22)13-14-24-15-16-26-20-29(30(33)21-27(26)19-24)28-18-17-25(4-2)31(34)32(28)35/h17-23H,3-16H2,1-2H3. The molecule has 2 aliphatic carbocycles. The van der Waals surface area contributed by atoms with E-state index in [-0.39, 0.29) is 11.1 Å². The number of hydrogen-bond acceptors (Lipinski definition) is 0. The Morgan fingerprint density at radius 2 is 1.51 bits per heavy atom. The topological polar surface area (TPSA) is 0 Å². The van der Waals surface area contributed by atoms with Gasteiger partial charge in [-0.1, -0.05) is 95.4 Å². The highest BCUT2D eigenvalue weighted by molar-refractivity contribution is 5.71. The fourth-order valence-corrected chi connectivity index (χ4v) is 6.10. The highest BCUT2D eigenvalue weighted by atomic mass is 19.2. The maximum atomic E-state index is 15.0. The van der Waals surface area contributed by atoms with Crippen molar-refractivity contribution in [2.24, 2.45) is 11.8 Å². The first-order valence-electron chi connectivity index (χ1n) is 14.0. The minimum Gasteiger partial charge on any atom is -0.206 e. The van der Waals surface area contributed by atoms with Gasteiger partial charge in [-0.25, -0.2) is 13.2 Å². The number of allylic oxidation sites excluding steroid dienone is 1. The van der Waals surface area contributed by atoms with Gasteiger partial charge in [0.2, 0.25) is 0 Å². The number of aryl methyl sites for hydroxylation is 2. The quantitative estimate of drug-likeness (QED) is 0.295. The van der Waals surface area contributed by atoms with Crippen molar-refractivity contribution in [3.63, 3.8) is 0 Å². The van der Waals surface area contributed by atoms with Crippen LogP contribution in [0.3, 0.4) is 0 Å². The van der Waals surface area contributed by atoms with Crippen LogP contribution < -0.4 is 0 Å². The summed E-state index contributed by atoms with van der Waals surface area (Å²) in [6.45, 7) is 4.05. The lowest BCUT2D eigenvalue weighted by Crippen LogP contribution is -2.15. The van der Waals surface area contributed by atoms with E-state index in [2.05, 4.69) is 13.0 Å². The molecule has 3 heteroatoms. The molecule has 35 heavy (non-hydrogen) atoms. The van der Waals surface area contributed by atoms with E-state index in [9.17, 15) is 8.78 Å². The maximum absolute atomic E-state index is 15.0. The third-order valence-electron chi connectivity index (χ3n) is 8.44. The Bertz CT molecular complexity index is 1030. The van der Waals surface area contributed by atoms with Gasteiger partial charge in [0, 0.05) is 11.1 Å². The number of hydrogen-bond donors (Lipinski definition) is 0. The largest absolute Gasteiger partial charge is 0.206 e. The number of rotatable bonds is 10. The third-order valence-corrected chi connectivity index (χ3v) is 8.44. The van der Waals surface area contributed by atoms with Crippen LogP contribution >= 0.6 is 0 Å². The summed E-state index contributed by atoms with van der Waals surface area (Å²) in [5.41, 5.74) is 3.80. The van der Waals surface area contributed by atoms with Gasteiger partial charge >= 0.3 is 0 Å². The van der Waals surface area contributed by atoms with Crippen LogP contribution in [0.1, 0.15) is 108 Å². The lowest BCUT2D eigenvalue weighted by Gasteiger charge is -2.29. The Kier molecular flexibility index (Phi) is 9.14. The van der Waals surface area contributed by atoms with Crippen molar-refractivity contribution < 1.29 is 13.2 Å². The Morgan fingerprint density at radius 3 is 2.23 bits per heavy atom. The summed E-state index contributed by atoms with van der Waals surface area (Å²) in [5, 5.41) is 0. The molecule has 0 N–H and O–H groups in total. The minimum absolute atomic E-state index is 0.00995. The molecule has 0 saturated heterocycles. The molecule has 0 atom stereocenters. The van der Waals surface area contributed by atoms with E-state index in [1.54, 1.807) is 19.1 Å². The summed E-state index contributed by atoms with van der Waals surface area (Å²) in [6, 6.07) is 6.30. The van der Waals surface area contributed by atoms with E-state index in [4.69, 9.17) is 0 Å². The normalized spacial score (nSPS) is 20.0. The molecule has 2 aliphatic rings. The predicted molar refractivity (Wildman–Crippen MR) is 141 cm³/mol. The smallest absolute Gasteiger partial charge is 0.167 e. The van der Waals surface area contributed by atoms with Gasteiger partial charge < -0.3 is 0 Å². The molecule has 0 aromatic heterocycles. The summed E-state index contributed by atoms with van der Waals surface area (Å²) in [7, 11) is 0. The Hall–Kier alpha value is -2.03. The van der Waals surface area contributed by atoms with E-state index < -0.39 is 17.5 Å². The molecule has 0 unspecified atom stereocenters. The molecule has 0 aliphatic heterocycles. The minimum atomic E-state index is -0.953.